The van der Waals surface area contributed by atoms with E-state index >= 15 is 0 Å². The molecule has 1 aliphatic heterocycles. The summed E-state index contributed by atoms with van der Waals surface area (Å²) in [5, 5.41) is 3.94. The van der Waals surface area contributed by atoms with Crippen molar-refractivity contribution in [3.8, 4) is 0 Å². The zero-order valence-electron chi connectivity index (χ0n) is 9.68. The van der Waals surface area contributed by atoms with Crippen LogP contribution in [0.25, 0.3) is 11.0 Å². The highest BCUT2D eigenvalue weighted by molar-refractivity contribution is 5.72. The fourth-order valence-electron chi connectivity index (χ4n) is 2.34. The first kappa shape index (κ1) is 10.4. The quantitative estimate of drug-likeness (QED) is 0.785. The fourth-order valence-corrected chi connectivity index (χ4v) is 2.34. The number of nitrogens with one attached hydrogen (secondary N) is 1. The van der Waals surface area contributed by atoms with Crippen LogP contribution in [-0.4, -0.2) is 21.1 Å². The van der Waals surface area contributed by atoms with E-state index in [0.29, 0.717) is 11.0 Å². The lowest BCUT2D eigenvalue weighted by Gasteiger charge is -2.14. The molecule has 1 N–H and O–H groups in total. The van der Waals surface area contributed by atoms with Gasteiger partial charge < -0.3 is 5.32 Å². The second kappa shape index (κ2) is 3.92. The Balaban J connectivity index is 2.25. The molecule has 1 fully saturated rings. The lowest BCUT2D eigenvalue weighted by atomic mass is 10.2. The Morgan fingerprint density at radius 1 is 1.53 bits per heavy atom. The maximum Gasteiger partial charge on any atom is 0.262 e. The molecule has 17 heavy (non-hydrogen) atoms. The summed E-state index contributed by atoms with van der Waals surface area (Å²) in [6.45, 7) is 0.987. The van der Waals surface area contributed by atoms with Crippen molar-refractivity contribution in [1.82, 2.24) is 19.9 Å². The molecule has 0 amide bonds. The maximum absolute atomic E-state index is 12.2. The van der Waals surface area contributed by atoms with Gasteiger partial charge in [-0.3, -0.25) is 9.36 Å². The molecule has 0 unspecified atom stereocenters. The summed E-state index contributed by atoms with van der Waals surface area (Å²) in [4.78, 5) is 20.8. The van der Waals surface area contributed by atoms with E-state index in [1.807, 2.05) is 0 Å². The molecule has 1 saturated heterocycles. The highest BCUT2D eigenvalue weighted by Gasteiger charge is 2.21. The van der Waals surface area contributed by atoms with Crippen molar-refractivity contribution in [2.75, 3.05) is 6.54 Å². The van der Waals surface area contributed by atoms with Crippen molar-refractivity contribution < 1.29 is 0 Å². The highest BCUT2D eigenvalue weighted by Crippen LogP contribution is 2.20. The lowest BCUT2D eigenvalue weighted by molar-refractivity contribution is 0.564. The van der Waals surface area contributed by atoms with Crippen LogP contribution in [0.1, 0.15) is 24.7 Å². The van der Waals surface area contributed by atoms with Gasteiger partial charge in [-0.15, -0.1) is 0 Å². The van der Waals surface area contributed by atoms with Crippen molar-refractivity contribution in [2.24, 2.45) is 7.05 Å². The van der Waals surface area contributed by atoms with Crippen LogP contribution in [-0.2, 0) is 7.05 Å². The molecule has 0 saturated carbocycles. The third-order valence-electron chi connectivity index (χ3n) is 3.26. The van der Waals surface area contributed by atoms with Crippen LogP contribution >= 0.6 is 0 Å². The van der Waals surface area contributed by atoms with Gasteiger partial charge in [-0.25, -0.2) is 9.97 Å². The van der Waals surface area contributed by atoms with Gasteiger partial charge in [-0.2, -0.15) is 0 Å². The first-order valence-corrected chi connectivity index (χ1v) is 5.82. The van der Waals surface area contributed by atoms with Crippen molar-refractivity contribution >= 4 is 11.0 Å². The van der Waals surface area contributed by atoms with Crippen molar-refractivity contribution in [3.63, 3.8) is 0 Å². The molecular formula is C12H14N4O. The summed E-state index contributed by atoms with van der Waals surface area (Å²) in [6, 6.07) is 3.71. The molecule has 0 aromatic carbocycles. The molecule has 0 aliphatic carbocycles. The smallest absolute Gasteiger partial charge is 0.262 e. The number of pyridine rings is 1. The first-order valence-electron chi connectivity index (χ1n) is 5.82. The van der Waals surface area contributed by atoms with Gasteiger partial charge in [0.05, 0.1) is 11.4 Å². The van der Waals surface area contributed by atoms with Gasteiger partial charge in [0, 0.05) is 13.2 Å². The second-order valence-corrected chi connectivity index (χ2v) is 4.36. The zero-order chi connectivity index (χ0) is 11.8. The molecule has 88 valence electrons. The average molecular weight is 230 g/mol. The highest BCUT2D eigenvalue weighted by atomic mass is 16.1. The second-order valence-electron chi connectivity index (χ2n) is 4.36. The van der Waals surface area contributed by atoms with Gasteiger partial charge in [0.15, 0.2) is 5.65 Å². The molecule has 5 nitrogen and oxygen atoms in total. The van der Waals surface area contributed by atoms with Gasteiger partial charge in [-0.05, 0) is 31.5 Å². The van der Waals surface area contributed by atoms with Crippen LogP contribution in [0.2, 0.25) is 0 Å². The number of hydrogen-bond acceptors (Lipinski definition) is 4. The van der Waals surface area contributed by atoms with E-state index in [0.717, 1.165) is 25.2 Å². The summed E-state index contributed by atoms with van der Waals surface area (Å²) in [5.41, 5.74) is 0.520. The normalized spacial score (nSPS) is 19.9. The average Bonchev–Trinajstić information content (AvgIpc) is 2.87. The van der Waals surface area contributed by atoms with Crippen LogP contribution in [0.5, 0.6) is 0 Å². The summed E-state index contributed by atoms with van der Waals surface area (Å²) in [5.74, 6) is 0.790. The largest absolute Gasteiger partial charge is 0.307 e. The minimum absolute atomic E-state index is 0.0215. The van der Waals surface area contributed by atoms with E-state index in [4.69, 9.17) is 0 Å². The van der Waals surface area contributed by atoms with Crippen LogP contribution in [0, 0.1) is 0 Å². The molecular weight excluding hydrogens is 216 g/mol. The number of fused-ring (bicyclic) bond motifs is 1. The van der Waals surface area contributed by atoms with Crippen LogP contribution in [0.3, 0.4) is 0 Å². The third-order valence-corrected chi connectivity index (χ3v) is 3.26. The molecule has 3 rings (SSSR count). The van der Waals surface area contributed by atoms with E-state index in [2.05, 4.69) is 15.3 Å². The summed E-state index contributed by atoms with van der Waals surface area (Å²) in [7, 11) is 1.77. The first-order chi connectivity index (χ1) is 8.27. The van der Waals surface area contributed by atoms with E-state index in [-0.39, 0.29) is 11.6 Å². The summed E-state index contributed by atoms with van der Waals surface area (Å²) < 4.78 is 1.63. The Kier molecular flexibility index (Phi) is 2.40. The standard InChI is InChI=1S/C12H14N4O/c1-16-11(9-5-3-6-13-9)15-10-8(12(16)17)4-2-7-14-10/h2,4,7,9,13H,3,5-6H2,1H3/t9-/m1/s1. The fraction of sp³-hybridized carbons (Fsp3) is 0.417. The van der Waals surface area contributed by atoms with E-state index in [1.165, 1.54) is 0 Å². The molecule has 1 aliphatic rings. The van der Waals surface area contributed by atoms with Crippen LogP contribution in [0.15, 0.2) is 23.1 Å². The zero-order valence-corrected chi connectivity index (χ0v) is 9.68. The van der Waals surface area contributed by atoms with Crippen molar-refractivity contribution in [1.29, 1.82) is 0 Å². The van der Waals surface area contributed by atoms with Gasteiger partial charge in [0.2, 0.25) is 0 Å². The molecule has 0 bridgehead atoms. The predicted octanol–water partition coefficient (Wildman–Crippen LogP) is 0.753. The molecule has 5 heteroatoms. The number of nitrogens with zero attached hydrogens (tertiary/aromatic N) is 3. The molecule has 3 heterocycles. The molecule has 0 radical (unpaired) electrons. The monoisotopic (exact) mass is 230 g/mol. The minimum atomic E-state index is -0.0215. The van der Waals surface area contributed by atoms with E-state index in [9.17, 15) is 4.79 Å². The molecule has 2 aromatic rings. The third kappa shape index (κ3) is 1.63. The van der Waals surface area contributed by atoms with Gasteiger partial charge in [-0.1, -0.05) is 0 Å². The van der Waals surface area contributed by atoms with Crippen LogP contribution < -0.4 is 10.9 Å². The van der Waals surface area contributed by atoms with E-state index in [1.54, 1.807) is 29.9 Å². The van der Waals surface area contributed by atoms with Gasteiger partial charge in [0.1, 0.15) is 5.82 Å². The Labute approximate surface area is 98.5 Å². The molecule has 0 spiro atoms. The Morgan fingerprint density at radius 3 is 3.18 bits per heavy atom. The number of aromatic nitrogens is 3. The lowest BCUT2D eigenvalue weighted by Crippen LogP contribution is -2.27. The molecule has 2 aromatic heterocycles. The topological polar surface area (TPSA) is 59.8 Å². The van der Waals surface area contributed by atoms with Gasteiger partial charge >= 0.3 is 0 Å². The molecule has 1 atom stereocenters. The van der Waals surface area contributed by atoms with Gasteiger partial charge in [0.25, 0.3) is 5.56 Å². The minimum Gasteiger partial charge on any atom is -0.307 e. The Morgan fingerprint density at radius 2 is 2.41 bits per heavy atom. The Bertz CT molecular complexity index is 613. The number of rotatable bonds is 1. The number of hydrogen-bond donors (Lipinski definition) is 1. The predicted molar refractivity (Wildman–Crippen MR) is 64.8 cm³/mol. The maximum atomic E-state index is 12.2. The van der Waals surface area contributed by atoms with E-state index < -0.39 is 0 Å². The Hall–Kier alpha value is -1.75. The SMILES string of the molecule is Cn1c([C@H]2CCCN2)nc2ncccc2c1=O. The summed E-state index contributed by atoms with van der Waals surface area (Å²) >= 11 is 0. The van der Waals surface area contributed by atoms with Crippen molar-refractivity contribution in [2.45, 2.75) is 18.9 Å². The van der Waals surface area contributed by atoms with Crippen molar-refractivity contribution in [3.05, 3.63) is 34.5 Å². The van der Waals surface area contributed by atoms with Crippen LogP contribution in [0.4, 0.5) is 0 Å². The summed E-state index contributed by atoms with van der Waals surface area (Å²) in [6.07, 6.45) is 3.82.